The van der Waals surface area contributed by atoms with Gasteiger partial charge in [0.05, 0.1) is 11.4 Å². The van der Waals surface area contributed by atoms with Gasteiger partial charge in [0.15, 0.2) is 5.69 Å². The van der Waals surface area contributed by atoms with Gasteiger partial charge in [-0.15, -0.1) is 5.10 Å². The molecule has 0 bridgehead atoms. The van der Waals surface area contributed by atoms with Crippen LogP contribution in [0, 0.1) is 6.92 Å². The first-order valence-corrected chi connectivity index (χ1v) is 8.55. The Morgan fingerprint density at radius 3 is 2.38 bits per heavy atom. The molecule has 0 unspecified atom stereocenters. The fourth-order valence-electron chi connectivity index (χ4n) is 2.80. The summed E-state index contributed by atoms with van der Waals surface area (Å²) < 4.78 is 7.19. The van der Waals surface area contributed by atoms with E-state index in [1.807, 2.05) is 49.4 Å². The van der Waals surface area contributed by atoms with Gasteiger partial charge in [-0.3, -0.25) is 0 Å². The molecule has 0 N–H and O–H groups in total. The molecule has 0 fully saturated rings. The predicted molar refractivity (Wildman–Crippen MR) is 98.9 cm³/mol. The van der Waals surface area contributed by atoms with Crippen molar-refractivity contribution >= 4 is 0 Å². The molecule has 0 aliphatic heterocycles. The molecule has 0 atom stereocenters. The maximum atomic E-state index is 5.41. The summed E-state index contributed by atoms with van der Waals surface area (Å²) in [5.41, 5.74) is 4.58. The van der Waals surface area contributed by atoms with E-state index in [0.717, 1.165) is 16.9 Å². The Bertz CT molecular complexity index is 1020. The van der Waals surface area contributed by atoms with Crippen molar-refractivity contribution in [3.05, 3.63) is 65.9 Å². The van der Waals surface area contributed by atoms with E-state index in [1.165, 1.54) is 5.56 Å². The van der Waals surface area contributed by atoms with Crippen LogP contribution in [0.4, 0.5) is 0 Å². The average molecular weight is 345 g/mol. The van der Waals surface area contributed by atoms with Crippen molar-refractivity contribution in [2.75, 3.05) is 0 Å². The van der Waals surface area contributed by atoms with Gasteiger partial charge in [-0.05, 0) is 30.5 Å². The lowest BCUT2D eigenvalue weighted by Gasteiger charge is -2.07. The van der Waals surface area contributed by atoms with Crippen LogP contribution in [0.2, 0.25) is 0 Å². The SMILES string of the molecule is Cc1c(-c2nc(-c3ccccc3)no2)nnn1-c1ccc(C(C)C)cc1. The molecule has 130 valence electrons. The van der Waals surface area contributed by atoms with Crippen LogP contribution in [0.15, 0.2) is 59.1 Å². The van der Waals surface area contributed by atoms with E-state index >= 15 is 0 Å². The number of aromatic nitrogens is 5. The van der Waals surface area contributed by atoms with Crippen LogP contribution in [0.25, 0.3) is 28.7 Å². The van der Waals surface area contributed by atoms with Crippen LogP contribution in [0.5, 0.6) is 0 Å². The topological polar surface area (TPSA) is 69.6 Å². The molecule has 26 heavy (non-hydrogen) atoms. The molecule has 6 heteroatoms. The van der Waals surface area contributed by atoms with Gasteiger partial charge in [0.1, 0.15) is 0 Å². The highest BCUT2D eigenvalue weighted by atomic mass is 16.5. The Morgan fingerprint density at radius 2 is 1.69 bits per heavy atom. The number of hydrogen-bond acceptors (Lipinski definition) is 5. The fraction of sp³-hybridized carbons (Fsp3) is 0.200. The minimum Gasteiger partial charge on any atom is -0.332 e. The summed E-state index contributed by atoms with van der Waals surface area (Å²) in [4.78, 5) is 4.46. The standard InChI is InChI=1S/C20H19N5O/c1-13(2)15-9-11-17(12-10-15)25-14(3)18(22-24-25)20-21-19(23-26-20)16-7-5-4-6-8-16/h4-13H,1-3H3. The van der Waals surface area contributed by atoms with Gasteiger partial charge in [0.25, 0.3) is 5.89 Å². The van der Waals surface area contributed by atoms with Crippen molar-refractivity contribution in [3.63, 3.8) is 0 Å². The van der Waals surface area contributed by atoms with Gasteiger partial charge in [-0.25, -0.2) is 4.68 Å². The molecule has 2 heterocycles. The predicted octanol–water partition coefficient (Wildman–Crippen LogP) is 4.42. The molecular weight excluding hydrogens is 326 g/mol. The van der Waals surface area contributed by atoms with E-state index in [2.05, 4.69) is 46.4 Å². The second-order valence-corrected chi connectivity index (χ2v) is 6.47. The minimum atomic E-state index is 0.367. The normalized spacial score (nSPS) is 11.2. The van der Waals surface area contributed by atoms with E-state index in [9.17, 15) is 0 Å². The fourth-order valence-corrected chi connectivity index (χ4v) is 2.80. The highest BCUT2D eigenvalue weighted by molar-refractivity contribution is 5.59. The van der Waals surface area contributed by atoms with Gasteiger partial charge in [-0.1, -0.05) is 66.7 Å². The molecule has 4 aromatic rings. The summed E-state index contributed by atoms with van der Waals surface area (Å²) in [5, 5.41) is 12.6. The van der Waals surface area contributed by atoms with Crippen LogP contribution in [-0.4, -0.2) is 25.1 Å². The van der Waals surface area contributed by atoms with Crippen LogP contribution in [0.3, 0.4) is 0 Å². The van der Waals surface area contributed by atoms with E-state index in [0.29, 0.717) is 23.3 Å². The van der Waals surface area contributed by atoms with E-state index in [1.54, 1.807) is 4.68 Å². The third kappa shape index (κ3) is 2.90. The molecule has 2 aromatic heterocycles. The Balaban J connectivity index is 1.67. The molecule has 0 amide bonds. The quantitative estimate of drug-likeness (QED) is 0.548. The Labute approximate surface area is 151 Å². The number of benzene rings is 2. The highest BCUT2D eigenvalue weighted by Crippen LogP contribution is 2.25. The first-order chi connectivity index (χ1) is 12.6. The van der Waals surface area contributed by atoms with Gasteiger partial charge in [-0.2, -0.15) is 4.98 Å². The Hall–Kier alpha value is -3.28. The van der Waals surface area contributed by atoms with Gasteiger partial charge in [0, 0.05) is 5.56 Å². The number of nitrogens with zero attached hydrogens (tertiary/aromatic N) is 5. The lowest BCUT2D eigenvalue weighted by molar-refractivity contribution is 0.430. The van der Waals surface area contributed by atoms with Crippen LogP contribution in [0.1, 0.15) is 31.0 Å². The first-order valence-electron chi connectivity index (χ1n) is 8.55. The zero-order chi connectivity index (χ0) is 18.1. The summed E-state index contributed by atoms with van der Waals surface area (Å²) in [7, 11) is 0. The molecule has 0 radical (unpaired) electrons. The highest BCUT2D eigenvalue weighted by Gasteiger charge is 2.18. The molecular formula is C20H19N5O. The van der Waals surface area contributed by atoms with Crippen molar-refractivity contribution in [3.8, 4) is 28.7 Å². The molecule has 6 nitrogen and oxygen atoms in total. The van der Waals surface area contributed by atoms with Crippen molar-refractivity contribution < 1.29 is 4.52 Å². The molecule has 4 rings (SSSR count). The minimum absolute atomic E-state index is 0.367. The van der Waals surface area contributed by atoms with Crippen molar-refractivity contribution in [2.45, 2.75) is 26.7 Å². The number of rotatable bonds is 4. The molecule has 0 aliphatic rings. The van der Waals surface area contributed by atoms with E-state index < -0.39 is 0 Å². The summed E-state index contributed by atoms with van der Waals surface area (Å²) in [6.45, 7) is 6.29. The lowest BCUT2D eigenvalue weighted by atomic mass is 10.0. The molecule has 0 spiro atoms. The van der Waals surface area contributed by atoms with Gasteiger partial charge in [0.2, 0.25) is 5.82 Å². The van der Waals surface area contributed by atoms with E-state index in [4.69, 9.17) is 4.52 Å². The van der Waals surface area contributed by atoms with Crippen molar-refractivity contribution in [1.29, 1.82) is 0 Å². The second kappa shape index (κ2) is 6.55. The van der Waals surface area contributed by atoms with Crippen LogP contribution >= 0.6 is 0 Å². The zero-order valence-corrected chi connectivity index (χ0v) is 14.9. The first kappa shape index (κ1) is 16.2. The maximum absolute atomic E-state index is 5.41. The third-order valence-electron chi connectivity index (χ3n) is 4.36. The summed E-state index contributed by atoms with van der Waals surface area (Å²) >= 11 is 0. The van der Waals surface area contributed by atoms with Crippen LogP contribution < -0.4 is 0 Å². The lowest BCUT2D eigenvalue weighted by Crippen LogP contribution is -1.99. The van der Waals surface area contributed by atoms with E-state index in [-0.39, 0.29) is 0 Å². The summed E-state index contributed by atoms with van der Waals surface area (Å²) in [6, 6.07) is 18.0. The largest absolute Gasteiger partial charge is 0.332 e. The van der Waals surface area contributed by atoms with Crippen molar-refractivity contribution in [2.24, 2.45) is 0 Å². The van der Waals surface area contributed by atoms with Gasteiger partial charge >= 0.3 is 0 Å². The molecule has 0 saturated heterocycles. The Kier molecular flexibility index (Phi) is 4.08. The second-order valence-electron chi connectivity index (χ2n) is 6.47. The molecule has 0 aliphatic carbocycles. The average Bonchev–Trinajstić information content (AvgIpc) is 3.29. The maximum Gasteiger partial charge on any atom is 0.280 e. The van der Waals surface area contributed by atoms with Crippen molar-refractivity contribution in [1.82, 2.24) is 25.1 Å². The zero-order valence-electron chi connectivity index (χ0n) is 14.9. The Morgan fingerprint density at radius 1 is 0.962 bits per heavy atom. The number of hydrogen-bond donors (Lipinski definition) is 0. The molecule has 0 saturated carbocycles. The third-order valence-corrected chi connectivity index (χ3v) is 4.36. The monoisotopic (exact) mass is 345 g/mol. The summed E-state index contributed by atoms with van der Waals surface area (Å²) in [6.07, 6.45) is 0. The smallest absolute Gasteiger partial charge is 0.280 e. The summed E-state index contributed by atoms with van der Waals surface area (Å²) in [5.74, 6) is 1.40. The van der Waals surface area contributed by atoms with Crippen LogP contribution in [-0.2, 0) is 0 Å². The molecule has 2 aromatic carbocycles. The van der Waals surface area contributed by atoms with Gasteiger partial charge < -0.3 is 4.52 Å².